The van der Waals surface area contributed by atoms with Gasteiger partial charge in [0, 0.05) is 22.0 Å². The van der Waals surface area contributed by atoms with Gasteiger partial charge in [0.25, 0.3) is 5.91 Å². The highest BCUT2D eigenvalue weighted by Crippen LogP contribution is 2.33. The van der Waals surface area contributed by atoms with Crippen molar-refractivity contribution in [3.8, 4) is 17.0 Å². The van der Waals surface area contributed by atoms with E-state index in [1.807, 2.05) is 22.9 Å². The van der Waals surface area contributed by atoms with Gasteiger partial charge in [-0.1, -0.05) is 26.2 Å². The van der Waals surface area contributed by atoms with Gasteiger partial charge in [-0.2, -0.15) is 5.10 Å². The Morgan fingerprint density at radius 2 is 2.03 bits per heavy atom. The van der Waals surface area contributed by atoms with Crippen molar-refractivity contribution < 1.29 is 9.90 Å². The molecular weight excluding hydrogens is 478 g/mol. The summed E-state index contributed by atoms with van der Waals surface area (Å²) in [6.45, 7) is 2.90. The topological polar surface area (TPSA) is 92.9 Å². The van der Waals surface area contributed by atoms with Crippen molar-refractivity contribution in [3.63, 3.8) is 0 Å². The number of amides is 1. The number of unbranched alkanes of at least 4 members (excludes halogenated alkanes) is 3. The lowest BCUT2D eigenvalue weighted by atomic mass is 10.1. The van der Waals surface area contributed by atoms with Gasteiger partial charge in [0.15, 0.2) is 11.5 Å². The number of fused-ring (bicyclic) bond motifs is 1. The molecular formula is C22H22BrN5O2S. The molecule has 0 aliphatic heterocycles. The number of aryl methyl sites for hydroxylation is 1. The third-order valence-corrected chi connectivity index (χ3v) is 6.16. The van der Waals surface area contributed by atoms with Gasteiger partial charge < -0.3 is 10.4 Å². The summed E-state index contributed by atoms with van der Waals surface area (Å²) in [6.07, 6.45) is 5.97. The fourth-order valence-electron chi connectivity index (χ4n) is 3.33. The van der Waals surface area contributed by atoms with E-state index < -0.39 is 0 Å². The first kappa shape index (κ1) is 21.5. The maximum atomic E-state index is 12.6. The van der Waals surface area contributed by atoms with Crippen molar-refractivity contribution in [2.75, 3.05) is 5.32 Å². The molecule has 1 aromatic carbocycles. The predicted molar refractivity (Wildman–Crippen MR) is 127 cm³/mol. The molecule has 4 aromatic rings. The molecule has 0 atom stereocenters. The Bertz CT molecular complexity index is 1190. The molecule has 0 fully saturated rings. The number of halogens is 1. The van der Waals surface area contributed by atoms with Crippen LogP contribution in [0, 0.1) is 0 Å². The molecule has 9 heteroatoms. The van der Waals surface area contributed by atoms with Crippen LogP contribution in [0.15, 0.2) is 46.4 Å². The van der Waals surface area contributed by atoms with Crippen LogP contribution in [0.25, 0.3) is 22.3 Å². The molecule has 31 heavy (non-hydrogen) atoms. The van der Waals surface area contributed by atoms with E-state index in [9.17, 15) is 9.90 Å². The van der Waals surface area contributed by atoms with Crippen LogP contribution >= 0.6 is 27.5 Å². The molecule has 4 rings (SSSR count). The zero-order valence-corrected chi connectivity index (χ0v) is 19.4. The minimum atomic E-state index is -0.245. The van der Waals surface area contributed by atoms with E-state index in [-0.39, 0.29) is 11.7 Å². The van der Waals surface area contributed by atoms with E-state index in [0.29, 0.717) is 17.0 Å². The Morgan fingerprint density at radius 1 is 1.23 bits per heavy atom. The Balaban J connectivity index is 1.74. The summed E-state index contributed by atoms with van der Waals surface area (Å²) in [7, 11) is 0. The lowest BCUT2D eigenvalue weighted by Gasteiger charge is -2.07. The van der Waals surface area contributed by atoms with Gasteiger partial charge in [-0.05, 0) is 64.2 Å². The van der Waals surface area contributed by atoms with Crippen molar-refractivity contribution in [2.24, 2.45) is 0 Å². The van der Waals surface area contributed by atoms with Crippen molar-refractivity contribution in [1.82, 2.24) is 19.1 Å². The van der Waals surface area contributed by atoms with Crippen molar-refractivity contribution in [3.05, 3.63) is 51.9 Å². The Morgan fingerprint density at radius 3 is 2.74 bits per heavy atom. The molecule has 0 bridgehead atoms. The van der Waals surface area contributed by atoms with E-state index in [1.165, 1.54) is 18.0 Å². The van der Waals surface area contributed by atoms with Crippen molar-refractivity contribution in [1.29, 1.82) is 0 Å². The number of phenols is 1. The second-order valence-corrected chi connectivity index (χ2v) is 8.75. The summed E-state index contributed by atoms with van der Waals surface area (Å²) in [4.78, 5) is 17.5. The minimum Gasteiger partial charge on any atom is -0.508 e. The molecule has 160 valence electrons. The molecule has 2 N–H and O–H groups in total. The van der Waals surface area contributed by atoms with Crippen LogP contribution in [-0.4, -0.2) is 30.2 Å². The zero-order valence-electron chi connectivity index (χ0n) is 17.0. The highest BCUT2D eigenvalue weighted by atomic mass is 79.9. The zero-order chi connectivity index (χ0) is 21.8. The number of benzene rings is 1. The predicted octanol–water partition coefficient (Wildman–Crippen LogP) is 5.86. The van der Waals surface area contributed by atoms with Gasteiger partial charge >= 0.3 is 0 Å². The maximum absolute atomic E-state index is 12.6. The largest absolute Gasteiger partial charge is 0.508 e. The lowest BCUT2D eigenvalue weighted by Crippen LogP contribution is -2.12. The standard InChI is InChI=1S/C22H22BrN5O2S/c1-2-3-4-5-10-28-21-17(20(27-28)26-22(30)15-12-24-31-13-15)11-18(23)19(25-21)14-6-8-16(29)9-7-14/h6-9,11-13,29H,2-5,10H2,1H3,(H,26,27,30). The van der Waals surface area contributed by atoms with E-state index in [4.69, 9.17) is 4.98 Å². The quantitative estimate of drug-likeness (QED) is 0.296. The summed E-state index contributed by atoms with van der Waals surface area (Å²) < 4.78 is 6.64. The summed E-state index contributed by atoms with van der Waals surface area (Å²) in [5, 5.41) is 19.7. The van der Waals surface area contributed by atoms with Gasteiger partial charge in [0.2, 0.25) is 0 Å². The van der Waals surface area contributed by atoms with Gasteiger partial charge in [-0.25, -0.2) is 14.0 Å². The molecule has 3 heterocycles. The van der Waals surface area contributed by atoms with Crippen molar-refractivity contribution in [2.45, 2.75) is 39.2 Å². The number of carbonyl (C=O) groups is 1. The minimum absolute atomic E-state index is 0.204. The van der Waals surface area contributed by atoms with Crippen LogP contribution in [0.5, 0.6) is 5.75 Å². The molecule has 1 amide bonds. The van der Waals surface area contributed by atoms with Crippen molar-refractivity contribution >= 4 is 50.2 Å². The second-order valence-electron chi connectivity index (χ2n) is 7.24. The first-order valence-corrected chi connectivity index (χ1v) is 11.8. The number of anilines is 1. The highest BCUT2D eigenvalue weighted by Gasteiger charge is 2.19. The van der Waals surface area contributed by atoms with Crippen LogP contribution in [0.3, 0.4) is 0 Å². The molecule has 0 saturated heterocycles. The SMILES string of the molecule is CCCCCCn1nc(NC(=O)c2cnsc2)c2cc(Br)c(-c3ccc(O)cc3)nc21. The molecule has 0 spiro atoms. The van der Waals surface area contributed by atoms with E-state index in [1.54, 1.807) is 23.7 Å². The molecule has 0 radical (unpaired) electrons. The first-order chi connectivity index (χ1) is 15.1. The number of phenolic OH excluding ortho intramolecular Hbond substituents is 1. The average molecular weight is 500 g/mol. The van der Waals surface area contributed by atoms with Gasteiger partial charge in [0.1, 0.15) is 5.75 Å². The normalized spacial score (nSPS) is 11.2. The smallest absolute Gasteiger partial charge is 0.259 e. The van der Waals surface area contributed by atoms with Crippen LogP contribution in [-0.2, 0) is 6.54 Å². The lowest BCUT2D eigenvalue weighted by molar-refractivity contribution is 0.102. The number of nitrogens with zero attached hydrogens (tertiary/aromatic N) is 4. The fourth-order valence-corrected chi connectivity index (χ4v) is 4.39. The number of pyridine rings is 1. The summed E-state index contributed by atoms with van der Waals surface area (Å²) in [5.41, 5.74) is 2.84. The third kappa shape index (κ3) is 4.77. The molecule has 0 saturated carbocycles. The molecule has 0 aliphatic rings. The molecule has 0 unspecified atom stereocenters. The number of aromatic hydroxyl groups is 1. The Kier molecular flexibility index (Phi) is 6.62. The number of hydrogen-bond donors (Lipinski definition) is 2. The number of carbonyl (C=O) groups excluding carboxylic acids is 1. The third-order valence-electron chi connectivity index (χ3n) is 4.97. The van der Waals surface area contributed by atoms with Crippen LogP contribution in [0.1, 0.15) is 43.0 Å². The van der Waals surface area contributed by atoms with Gasteiger partial charge in [0.05, 0.1) is 22.8 Å². The molecule has 3 aromatic heterocycles. The first-order valence-electron chi connectivity index (χ1n) is 10.1. The monoisotopic (exact) mass is 499 g/mol. The fraction of sp³-hybridized carbons (Fsp3) is 0.273. The number of nitrogens with one attached hydrogen (secondary N) is 1. The summed E-state index contributed by atoms with van der Waals surface area (Å²) in [5.74, 6) is 0.437. The summed E-state index contributed by atoms with van der Waals surface area (Å²) in [6, 6.07) is 8.85. The van der Waals surface area contributed by atoms with Crippen LogP contribution in [0.2, 0.25) is 0 Å². The second kappa shape index (κ2) is 9.57. The average Bonchev–Trinajstić information content (AvgIpc) is 3.41. The maximum Gasteiger partial charge on any atom is 0.259 e. The van der Waals surface area contributed by atoms with Gasteiger partial charge in [-0.15, -0.1) is 0 Å². The van der Waals surface area contributed by atoms with E-state index in [2.05, 4.69) is 37.6 Å². The molecule has 7 nitrogen and oxygen atoms in total. The van der Waals surface area contributed by atoms with Gasteiger partial charge in [-0.3, -0.25) is 4.79 Å². The highest BCUT2D eigenvalue weighted by molar-refractivity contribution is 9.10. The Hall–Kier alpha value is -2.78. The summed E-state index contributed by atoms with van der Waals surface area (Å²) >= 11 is 4.84. The number of aromatic nitrogens is 4. The van der Waals surface area contributed by atoms with Crippen LogP contribution in [0.4, 0.5) is 5.82 Å². The van der Waals surface area contributed by atoms with E-state index >= 15 is 0 Å². The van der Waals surface area contributed by atoms with E-state index in [0.717, 1.165) is 46.9 Å². The Labute approximate surface area is 192 Å². The molecule has 0 aliphatic carbocycles. The van der Waals surface area contributed by atoms with Crippen LogP contribution < -0.4 is 5.32 Å². The number of rotatable bonds is 8. The number of hydrogen-bond acceptors (Lipinski definition) is 6.